The molecule has 0 unspecified atom stereocenters. The number of halogens is 1. The van der Waals surface area contributed by atoms with Gasteiger partial charge in [-0.15, -0.1) is 10.2 Å². The van der Waals surface area contributed by atoms with Crippen LogP contribution in [0.2, 0.25) is 0 Å². The number of carbonyl (C=O) groups excluding carboxylic acids is 1. The van der Waals surface area contributed by atoms with Gasteiger partial charge in [-0.05, 0) is 18.6 Å². The number of unbranched alkanes of at least 4 members (excludes halogenated alkanes) is 2. The molecule has 7 heteroatoms. The summed E-state index contributed by atoms with van der Waals surface area (Å²) in [5.74, 6) is 0.360. The first-order valence-electron chi connectivity index (χ1n) is 7.67. The van der Waals surface area contributed by atoms with Crippen LogP contribution >= 0.6 is 11.8 Å². The average molecular weight is 336 g/mol. The molecule has 2 aromatic rings. The zero-order chi connectivity index (χ0) is 16.7. The number of carbonyl (C=O) groups is 1. The second kappa shape index (κ2) is 8.67. The summed E-state index contributed by atoms with van der Waals surface area (Å²) in [7, 11) is 1.77. The first kappa shape index (κ1) is 17.5. The first-order chi connectivity index (χ1) is 11.1. The van der Waals surface area contributed by atoms with Gasteiger partial charge in [0.2, 0.25) is 5.91 Å². The Hall–Kier alpha value is -1.89. The molecule has 0 fully saturated rings. The Kier molecular flexibility index (Phi) is 6.58. The molecular weight excluding hydrogens is 315 g/mol. The van der Waals surface area contributed by atoms with Crippen molar-refractivity contribution in [3.8, 4) is 11.4 Å². The van der Waals surface area contributed by atoms with Crippen molar-refractivity contribution in [2.45, 2.75) is 31.3 Å². The van der Waals surface area contributed by atoms with Gasteiger partial charge in [-0.3, -0.25) is 4.79 Å². The number of aromatic nitrogens is 3. The Balaban J connectivity index is 1.93. The Bertz CT molecular complexity index is 659. The van der Waals surface area contributed by atoms with Crippen molar-refractivity contribution in [2.75, 3.05) is 12.3 Å². The van der Waals surface area contributed by atoms with Crippen LogP contribution in [0.3, 0.4) is 0 Å². The number of rotatable bonds is 8. The van der Waals surface area contributed by atoms with Crippen molar-refractivity contribution in [3.63, 3.8) is 0 Å². The molecule has 124 valence electrons. The van der Waals surface area contributed by atoms with Gasteiger partial charge in [-0.2, -0.15) is 0 Å². The van der Waals surface area contributed by atoms with Crippen LogP contribution in [-0.2, 0) is 11.8 Å². The van der Waals surface area contributed by atoms with Crippen LogP contribution in [-0.4, -0.2) is 33.0 Å². The van der Waals surface area contributed by atoms with Crippen molar-refractivity contribution in [3.05, 3.63) is 30.1 Å². The molecule has 0 atom stereocenters. The summed E-state index contributed by atoms with van der Waals surface area (Å²) in [5.41, 5.74) is 0.401. The van der Waals surface area contributed by atoms with Gasteiger partial charge in [0.15, 0.2) is 11.0 Å². The topological polar surface area (TPSA) is 59.8 Å². The van der Waals surface area contributed by atoms with E-state index in [1.165, 1.54) is 17.8 Å². The summed E-state index contributed by atoms with van der Waals surface area (Å²) >= 11 is 1.30. The molecule has 0 aliphatic rings. The van der Waals surface area contributed by atoms with E-state index in [-0.39, 0.29) is 17.5 Å². The third-order valence-electron chi connectivity index (χ3n) is 3.38. The predicted molar refractivity (Wildman–Crippen MR) is 89.7 cm³/mol. The summed E-state index contributed by atoms with van der Waals surface area (Å²) in [4.78, 5) is 11.8. The van der Waals surface area contributed by atoms with E-state index in [4.69, 9.17) is 0 Å². The van der Waals surface area contributed by atoms with Gasteiger partial charge in [0.05, 0.1) is 11.3 Å². The zero-order valence-electron chi connectivity index (χ0n) is 13.4. The molecule has 1 heterocycles. The number of thioether (sulfide) groups is 1. The highest BCUT2D eigenvalue weighted by molar-refractivity contribution is 7.99. The highest BCUT2D eigenvalue weighted by Crippen LogP contribution is 2.24. The Morgan fingerprint density at radius 1 is 1.30 bits per heavy atom. The molecule has 23 heavy (non-hydrogen) atoms. The van der Waals surface area contributed by atoms with E-state index < -0.39 is 0 Å². The summed E-state index contributed by atoms with van der Waals surface area (Å²) in [6, 6.07) is 6.44. The smallest absolute Gasteiger partial charge is 0.230 e. The molecule has 2 rings (SSSR count). The molecule has 0 radical (unpaired) electrons. The van der Waals surface area contributed by atoms with Crippen molar-refractivity contribution >= 4 is 17.7 Å². The van der Waals surface area contributed by atoms with Crippen LogP contribution in [0.4, 0.5) is 4.39 Å². The van der Waals surface area contributed by atoms with Gasteiger partial charge in [0.1, 0.15) is 5.82 Å². The molecular formula is C16H21FN4OS. The van der Waals surface area contributed by atoms with E-state index >= 15 is 0 Å². The molecule has 5 nitrogen and oxygen atoms in total. The minimum atomic E-state index is -0.340. The number of hydrogen-bond acceptors (Lipinski definition) is 4. The van der Waals surface area contributed by atoms with Gasteiger partial charge in [-0.1, -0.05) is 43.7 Å². The Morgan fingerprint density at radius 3 is 2.83 bits per heavy atom. The normalized spacial score (nSPS) is 10.7. The fraction of sp³-hybridized carbons (Fsp3) is 0.438. The lowest BCUT2D eigenvalue weighted by Crippen LogP contribution is -2.26. The maximum Gasteiger partial charge on any atom is 0.230 e. The fourth-order valence-electron chi connectivity index (χ4n) is 2.10. The minimum absolute atomic E-state index is 0.0263. The quantitative estimate of drug-likeness (QED) is 0.595. The molecule has 0 bridgehead atoms. The highest BCUT2D eigenvalue weighted by Gasteiger charge is 2.15. The number of benzene rings is 1. The molecule has 0 saturated heterocycles. The van der Waals surface area contributed by atoms with Gasteiger partial charge in [0.25, 0.3) is 0 Å². The minimum Gasteiger partial charge on any atom is -0.355 e. The molecule has 0 aliphatic heterocycles. The van der Waals surface area contributed by atoms with Crippen LogP contribution in [0.25, 0.3) is 11.4 Å². The molecule has 0 saturated carbocycles. The van der Waals surface area contributed by atoms with Crippen LogP contribution in [0, 0.1) is 5.82 Å². The predicted octanol–water partition coefficient (Wildman–Crippen LogP) is 3.02. The van der Waals surface area contributed by atoms with Crippen molar-refractivity contribution in [1.82, 2.24) is 20.1 Å². The molecule has 0 spiro atoms. The maximum atomic E-state index is 13.8. The van der Waals surface area contributed by atoms with Gasteiger partial charge in [0, 0.05) is 13.6 Å². The fourth-order valence-corrected chi connectivity index (χ4v) is 2.84. The van der Waals surface area contributed by atoms with E-state index in [0.29, 0.717) is 23.1 Å². The van der Waals surface area contributed by atoms with Gasteiger partial charge < -0.3 is 9.88 Å². The number of amides is 1. The maximum absolute atomic E-state index is 13.8. The lowest BCUT2D eigenvalue weighted by molar-refractivity contribution is -0.118. The van der Waals surface area contributed by atoms with Crippen molar-refractivity contribution in [2.24, 2.45) is 7.05 Å². The summed E-state index contributed by atoms with van der Waals surface area (Å²) in [5, 5.41) is 11.5. The van der Waals surface area contributed by atoms with Gasteiger partial charge in [-0.25, -0.2) is 4.39 Å². The third-order valence-corrected chi connectivity index (χ3v) is 4.40. The van der Waals surface area contributed by atoms with E-state index in [9.17, 15) is 9.18 Å². The van der Waals surface area contributed by atoms with E-state index in [1.54, 1.807) is 29.8 Å². The number of nitrogens with zero attached hydrogens (tertiary/aromatic N) is 3. The highest BCUT2D eigenvalue weighted by atomic mass is 32.2. The lowest BCUT2D eigenvalue weighted by atomic mass is 10.2. The summed E-state index contributed by atoms with van der Waals surface area (Å²) < 4.78 is 15.5. The molecule has 0 aliphatic carbocycles. The van der Waals surface area contributed by atoms with Crippen LogP contribution < -0.4 is 5.32 Å². The van der Waals surface area contributed by atoms with Gasteiger partial charge >= 0.3 is 0 Å². The van der Waals surface area contributed by atoms with Crippen LogP contribution in [0.15, 0.2) is 29.4 Å². The lowest BCUT2D eigenvalue weighted by Gasteiger charge is -2.06. The van der Waals surface area contributed by atoms with Crippen molar-refractivity contribution < 1.29 is 9.18 Å². The number of nitrogens with one attached hydrogen (secondary N) is 1. The standard InChI is InChI=1S/C16H21FN4OS/c1-3-4-7-10-18-14(22)11-23-16-20-19-15(21(16)2)12-8-5-6-9-13(12)17/h5-6,8-9H,3-4,7,10-11H2,1-2H3,(H,18,22). The van der Waals surface area contributed by atoms with E-state index in [1.807, 2.05) is 0 Å². The van der Waals surface area contributed by atoms with Crippen molar-refractivity contribution in [1.29, 1.82) is 0 Å². The largest absolute Gasteiger partial charge is 0.355 e. The third kappa shape index (κ3) is 4.79. The number of hydrogen-bond donors (Lipinski definition) is 1. The average Bonchev–Trinajstić information content (AvgIpc) is 2.91. The zero-order valence-corrected chi connectivity index (χ0v) is 14.2. The van der Waals surface area contributed by atoms with Crippen LogP contribution in [0.5, 0.6) is 0 Å². The summed E-state index contributed by atoms with van der Waals surface area (Å²) in [6.07, 6.45) is 3.24. The molecule has 1 aromatic heterocycles. The second-order valence-corrected chi connectivity index (χ2v) is 6.13. The Morgan fingerprint density at radius 2 is 2.09 bits per heavy atom. The monoisotopic (exact) mass is 336 g/mol. The molecule has 1 amide bonds. The Labute approximate surface area is 139 Å². The van der Waals surface area contributed by atoms with E-state index in [2.05, 4.69) is 22.4 Å². The first-order valence-corrected chi connectivity index (χ1v) is 8.65. The second-order valence-electron chi connectivity index (χ2n) is 5.19. The molecule has 1 aromatic carbocycles. The van der Waals surface area contributed by atoms with Crippen LogP contribution in [0.1, 0.15) is 26.2 Å². The SMILES string of the molecule is CCCCCNC(=O)CSc1nnc(-c2ccccc2F)n1C. The molecule has 1 N–H and O–H groups in total. The summed E-state index contributed by atoms with van der Waals surface area (Å²) in [6.45, 7) is 2.82. The van der Waals surface area contributed by atoms with E-state index in [0.717, 1.165) is 19.3 Å².